The van der Waals surface area contributed by atoms with E-state index in [9.17, 15) is 18.0 Å². The average molecular weight is 498 g/mol. The van der Waals surface area contributed by atoms with Gasteiger partial charge in [-0.2, -0.15) is 4.72 Å². The predicted octanol–water partition coefficient (Wildman–Crippen LogP) is 3.57. The van der Waals surface area contributed by atoms with Gasteiger partial charge >= 0.3 is 0 Å². The van der Waals surface area contributed by atoms with Crippen LogP contribution in [0.1, 0.15) is 57.1 Å². The maximum absolute atomic E-state index is 13.4. The fourth-order valence-electron chi connectivity index (χ4n) is 5.10. The maximum atomic E-state index is 13.4. The van der Waals surface area contributed by atoms with E-state index in [1.807, 2.05) is 37.3 Å². The normalized spacial score (nSPS) is 20.8. The van der Waals surface area contributed by atoms with E-state index in [0.717, 1.165) is 42.5 Å². The summed E-state index contributed by atoms with van der Waals surface area (Å²) in [4.78, 5) is 27.3. The van der Waals surface area contributed by atoms with Crippen molar-refractivity contribution in [2.24, 2.45) is 5.92 Å². The van der Waals surface area contributed by atoms with Crippen molar-refractivity contribution in [1.82, 2.24) is 10.0 Å². The molecule has 1 heterocycles. The molecule has 2 aromatic rings. The smallest absolute Gasteiger partial charge is 0.241 e. The minimum absolute atomic E-state index is 0.0222. The van der Waals surface area contributed by atoms with Crippen molar-refractivity contribution in [1.29, 1.82) is 0 Å². The van der Waals surface area contributed by atoms with Gasteiger partial charge in [-0.05, 0) is 60.9 Å². The predicted molar refractivity (Wildman–Crippen MR) is 137 cm³/mol. The van der Waals surface area contributed by atoms with Gasteiger partial charge in [0.1, 0.15) is 6.04 Å². The Balaban J connectivity index is 1.55. The molecule has 0 radical (unpaired) electrons. The maximum Gasteiger partial charge on any atom is 0.241 e. The van der Waals surface area contributed by atoms with Gasteiger partial charge in [-0.15, -0.1) is 0 Å². The largest absolute Gasteiger partial charge is 0.352 e. The standard InChI is InChI=1S/C27H35N3O4S/c1-3-26(31)30-16-15-21-18-22(13-14-25(21)30)35(33,34)29-24(17-20-10-5-4-6-11-20)27(32)28-23-12-8-7-9-19(23)2/h4-6,10-11,13-14,18-19,23-24,29H,3,7-9,12,15-17H2,1-2H3,(H,28,32)/t19-,23-,24+/m0/s1. The molecule has 2 aliphatic rings. The van der Waals surface area contributed by atoms with Gasteiger partial charge in [-0.25, -0.2) is 8.42 Å². The van der Waals surface area contributed by atoms with E-state index in [4.69, 9.17) is 0 Å². The number of fused-ring (bicyclic) bond motifs is 1. The molecule has 4 rings (SSSR count). The Kier molecular flexibility index (Phi) is 7.91. The highest BCUT2D eigenvalue weighted by molar-refractivity contribution is 7.89. The van der Waals surface area contributed by atoms with Gasteiger partial charge in [-0.1, -0.05) is 57.0 Å². The molecule has 1 aliphatic carbocycles. The molecule has 2 amide bonds. The second kappa shape index (κ2) is 10.9. The second-order valence-corrected chi connectivity index (χ2v) is 11.4. The van der Waals surface area contributed by atoms with Crippen LogP contribution in [-0.2, 0) is 32.5 Å². The van der Waals surface area contributed by atoms with Crippen molar-refractivity contribution >= 4 is 27.5 Å². The van der Waals surface area contributed by atoms with Crippen LogP contribution in [0.15, 0.2) is 53.4 Å². The third-order valence-corrected chi connectivity index (χ3v) is 8.67. The molecule has 7 nitrogen and oxygen atoms in total. The first-order valence-corrected chi connectivity index (χ1v) is 14.1. The van der Waals surface area contributed by atoms with Gasteiger partial charge in [0.25, 0.3) is 0 Å². The molecule has 2 N–H and O–H groups in total. The molecule has 0 unspecified atom stereocenters. The Bertz CT molecular complexity index is 1170. The molecule has 0 saturated heterocycles. The van der Waals surface area contributed by atoms with E-state index in [1.165, 1.54) is 6.07 Å². The van der Waals surface area contributed by atoms with E-state index >= 15 is 0 Å². The van der Waals surface area contributed by atoms with E-state index in [2.05, 4.69) is 17.0 Å². The first kappa shape index (κ1) is 25.4. The van der Waals surface area contributed by atoms with Crippen LogP contribution in [0.3, 0.4) is 0 Å². The molecule has 1 aliphatic heterocycles. The summed E-state index contributed by atoms with van der Waals surface area (Å²) in [5, 5.41) is 3.12. The lowest BCUT2D eigenvalue weighted by molar-refractivity contribution is -0.124. The van der Waals surface area contributed by atoms with Crippen LogP contribution in [0, 0.1) is 5.92 Å². The van der Waals surface area contributed by atoms with Crippen molar-refractivity contribution in [3.8, 4) is 0 Å². The van der Waals surface area contributed by atoms with Crippen LogP contribution < -0.4 is 14.9 Å². The van der Waals surface area contributed by atoms with Crippen molar-refractivity contribution in [3.05, 3.63) is 59.7 Å². The summed E-state index contributed by atoms with van der Waals surface area (Å²) < 4.78 is 29.5. The molecule has 3 atom stereocenters. The minimum Gasteiger partial charge on any atom is -0.352 e. The number of rotatable bonds is 8. The lowest BCUT2D eigenvalue weighted by Crippen LogP contribution is -2.52. The molecule has 0 spiro atoms. The van der Waals surface area contributed by atoms with E-state index in [1.54, 1.807) is 17.0 Å². The van der Waals surface area contributed by atoms with Crippen LogP contribution >= 0.6 is 0 Å². The number of amides is 2. The molecule has 188 valence electrons. The lowest BCUT2D eigenvalue weighted by Gasteiger charge is -2.31. The van der Waals surface area contributed by atoms with Gasteiger partial charge in [-0.3, -0.25) is 9.59 Å². The number of hydrogen-bond donors (Lipinski definition) is 2. The van der Waals surface area contributed by atoms with Crippen molar-refractivity contribution in [2.75, 3.05) is 11.4 Å². The molecule has 1 fully saturated rings. The third-order valence-electron chi connectivity index (χ3n) is 7.20. The van der Waals surface area contributed by atoms with Crippen LogP contribution in [-0.4, -0.2) is 38.9 Å². The van der Waals surface area contributed by atoms with Gasteiger partial charge in [0, 0.05) is 24.7 Å². The minimum atomic E-state index is -3.96. The van der Waals surface area contributed by atoms with E-state index in [-0.39, 0.29) is 29.2 Å². The summed E-state index contributed by atoms with van der Waals surface area (Å²) >= 11 is 0. The number of nitrogens with one attached hydrogen (secondary N) is 2. The summed E-state index contributed by atoms with van der Waals surface area (Å²) in [5.74, 6) is 0.0956. The molecule has 0 bridgehead atoms. The Labute approximate surface area is 208 Å². The van der Waals surface area contributed by atoms with Gasteiger partial charge in [0.2, 0.25) is 21.8 Å². The number of carbonyl (C=O) groups is 2. The van der Waals surface area contributed by atoms with E-state index in [0.29, 0.717) is 25.3 Å². The number of hydrogen-bond acceptors (Lipinski definition) is 4. The lowest BCUT2D eigenvalue weighted by atomic mass is 9.86. The Hall–Kier alpha value is -2.71. The average Bonchev–Trinajstić information content (AvgIpc) is 3.28. The summed E-state index contributed by atoms with van der Waals surface area (Å²) in [6.07, 6.45) is 5.47. The Morgan fingerprint density at radius 3 is 2.54 bits per heavy atom. The summed E-state index contributed by atoms with van der Waals surface area (Å²) in [5.41, 5.74) is 2.48. The zero-order chi connectivity index (χ0) is 25.0. The fraction of sp³-hybridized carbons (Fsp3) is 0.481. The number of sulfonamides is 1. The van der Waals surface area contributed by atoms with Gasteiger partial charge in [0.05, 0.1) is 4.90 Å². The molecule has 0 aromatic heterocycles. The van der Waals surface area contributed by atoms with Crippen LogP contribution in [0.2, 0.25) is 0 Å². The topological polar surface area (TPSA) is 95.6 Å². The molecule has 1 saturated carbocycles. The highest BCUT2D eigenvalue weighted by atomic mass is 32.2. The second-order valence-electron chi connectivity index (χ2n) is 9.68. The van der Waals surface area contributed by atoms with E-state index < -0.39 is 16.1 Å². The number of benzene rings is 2. The molecule has 35 heavy (non-hydrogen) atoms. The zero-order valence-electron chi connectivity index (χ0n) is 20.5. The van der Waals surface area contributed by atoms with Crippen molar-refractivity contribution < 1.29 is 18.0 Å². The van der Waals surface area contributed by atoms with Crippen LogP contribution in [0.5, 0.6) is 0 Å². The summed E-state index contributed by atoms with van der Waals surface area (Å²) in [6.45, 7) is 4.50. The quantitative estimate of drug-likeness (QED) is 0.583. The van der Waals surface area contributed by atoms with Gasteiger partial charge < -0.3 is 10.2 Å². The molecule has 2 aromatic carbocycles. The number of carbonyl (C=O) groups excluding carboxylic acids is 2. The number of nitrogens with zero attached hydrogens (tertiary/aromatic N) is 1. The highest BCUT2D eigenvalue weighted by Gasteiger charge is 2.31. The van der Waals surface area contributed by atoms with Crippen LogP contribution in [0.4, 0.5) is 5.69 Å². The first-order chi connectivity index (χ1) is 16.8. The third kappa shape index (κ3) is 5.93. The first-order valence-electron chi connectivity index (χ1n) is 12.6. The van der Waals surface area contributed by atoms with Crippen molar-refractivity contribution in [3.63, 3.8) is 0 Å². The zero-order valence-corrected chi connectivity index (χ0v) is 21.3. The summed E-state index contributed by atoms with van der Waals surface area (Å²) in [6, 6.07) is 13.4. The fourth-order valence-corrected chi connectivity index (χ4v) is 6.35. The van der Waals surface area contributed by atoms with Gasteiger partial charge in [0.15, 0.2) is 0 Å². The highest BCUT2D eigenvalue weighted by Crippen LogP contribution is 2.31. The molecule has 8 heteroatoms. The Morgan fingerprint density at radius 2 is 1.83 bits per heavy atom. The van der Waals surface area contributed by atoms with Crippen LogP contribution in [0.25, 0.3) is 0 Å². The van der Waals surface area contributed by atoms with Crippen molar-refractivity contribution in [2.45, 2.75) is 75.8 Å². The number of anilines is 1. The molecular formula is C27H35N3O4S. The summed E-state index contributed by atoms with van der Waals surface area (Å²) in [7, 11) is -3.96. The Morgan fingerprint density at radius 1 is 1.09 bits per heavy atom. The molecular weight excluding hydrogens is 462 g/mol. The monoisotopic (exact) mass is 497 g/mol. The SMILES string of the molecule is CCC(=O)N1CCc2cc(S(=O)(=O)N[C@H](Cc3ccccc3)C(=O)N[C@H]3CCCC[C@@H]3C)ccc21.